The summed E-state index contributed by atoms with van der Waals surface area (Å²) >= 11 is 0. The number of ether oxygens (including phenoxy) is 2. The van der Waals surface area contributed by atoms with Crippen molar-refractivity contribution in [2.24, 2.45) is 0 Å². The number of hydrogen-bond donors (Lipinski definition) is 1. The first-order chi connectivity index (χ1) is 14.1. The van der Waals surface area contributed by atoms with Gasteiger partial charge in [0.25, 0.3) is 0 Å². The lowest BCUT2D eigenvalue weighted by atomic mass is 9.95. The number of aryl methyl sites for hydroxylation is 1. The zero-order chi connectivity index (χ0) is 19.6. The van der Waals surface area contributed by atoms with Crippen LogP contribution in [0.5, 0.6) is 17.4 Å². The van der Waals surface area contributed by atoms with E-state index in [9.17, 15) is 4.79 Å². The van der Waals surface area contributed by atoms with Crippen molar-refractivity contribution in [1.29, 1.82) is 0 Å². The van der Waals surface area contributed by atoms with Gasteiger partial charge >= 0.3 is 5.69 Å². The van der Waals surface area contributed by atoms with Crippen LogP contribution in [-0.4, -0.2) is 31.1 Å². The number of benzene rings is 1. The van der Waals surface area contributed by atoms with Crippen LogP contribution in [0.1, 0.15) is 24.0 Å². The van der Waals surface area contributed by atoms with E-state index >= 15 is 0 Å². The fourth-order valence-electron chi connectivity index (χ4n) is 4.01. The van der Waals surface area contributed by atoms with Gasteiger partial charge in [0.05, 0.1) is 24.5 Å². The minimum Gasteiger partial charge on any atom is -0.492 e. The molecule has 0 atom stereocenters. The van der Waals surface area contributed by atoms with E-state index in [1.54, 1.807) is 18.3 Å². The smallest absolute Gasteiger partial charge is 0.333 e. The SMILES string of the molecule is Cc1ccc(Oc2cnc(-n3c(=O)[nH]c4cccnc43)cn2)c2c1OCC21CC1. The number of aromatic nitrogens is 5. The molecule has 0 saturated heterocycles. The predicted molar refractivity (Wildman–Crippen MR) is 105 cm³/mol. The van der Waals surface area contributed by atoms with Gasteiger partial charge in [-0.2, -0.15) is 0 Å². The topological polar surface area (TPSA) is 94.9 Å². The van der Waals surface area contributed by atoms with Crippen LogP contribution < -0.4 is 15.2 Å². The molecule has 4 heterocycles. The molecule has 0 amide bonds. The van der Waals surface area contributed by atoms with Gasteiger partial charge in [-0.05, 0) is 43.5 Å². The van der Waals surface area contributed by atoms with Crippen LogP contribution in [0, 0.1) is 6.92 Å². The highest BCUT2D eigenvalue weighted by molar-refractivity contribution is 5.71. The minimum absolute atomic E-state index is 0.0904. The summed E-state index contributed by atoms with van der Waals surface area (Å²) in [6.45, 7) is 2.76. The highest BCUT2D eigenvalue weighted by Gasteiger charge is 2.53. The molecule has 29 heavy (non-hydrogen) atoms. The summed E-state index contributed by atoms with van der Waals surface area (Å²) in [7, 11) is 0. The van der Waals surface area contributed by atoms with Gasteiger partial charge in [-0.25, -0.2) is 24.3 Å². The Bertz CT molecular complexity index is 1320. The van der Waals surface area contributed by atoms with Crippen LogP contribution in [0.2, 0.25) is 0 Å². The second kappa shape index (κ2) is 5.66. The maximum absolute atomic E-state index is 12.3. The van der Waals surface area contributed by atoms with Crippen LogP contribution in [0.15, 0.2) is 47.7 Å². The van der Waals surface area contributed by atoms with E-state index in [0.717, 1.165) is 35.5 Å². The second-order valence-corrected chi connectivity index (χ2v) is 7.61. The fourth-order valence-corrected chi connectivity index (χ4v) is 4.01. The lowest BCUT2D eigenvalue weighted by Gasteiger charge is -2.13. The second-order valence-electron chi connectivity index (χ2n) is 7.61. The monoisotopic (exact) mass is 387 g/mol. The van der Waals surface area contributed by atoms with Crippen LogP contribution in [0.25, 0.3) is 17.0 Å². The van der Waals surface area contributed by atoms with Crippen molar-refractivity contribution < 1.29 is 9.47 Å². The van der Waals surface area contributed by atoms with Crippen molar-refractivity contribution in [3.8, 4) is 23.2 Å². The minimum atomic E-state index is -0.314. The number of pyridine rings is 1. The van der Waals surface area contributed by atoms with Crippen LogP contribution >= 0.6 is 0 Å². The Hall–Kier alpha value is -3.68. The standard InChI is InChI=1S/C21H17N5O3/c1-12-4-5-14(17-18(12)28-11-21(17)6-7-21)29-16-10-23-15(9-24-16)26-19-13(25-20(26)27)3-2-8-22-19/h2-5,8-10H,6-7,11H2,1H3,(H,25,27). The van der Waals surface area contributed by atoms with Gasteiger partial charge in [-0.3, -0.25) is 0 Å². The zero-order valence-electron chi connectivity index (χ0n) is 15.7. The average molecular weight is 387 g/mol. The molecule has 3 aromatic heterocycles. The summed E-state index contributed by atoms with van der Waals surface area (Å²) in [5, 5.41) is 0. The summed E-state index contributed by atoms with van der Waals surface area (Å²) in [5.74, 6) is 2.43. The molecule has 1 N–H and O–H groups in total. The van der Waals surface area contributed by atoms with Gasteiger partial charge in [0.15, 0.2) is 11.5 Å². The van der Waals surface area contributed by atoms with Crippen molar-refractivity contribution in [3.63, 3.8) is 0 Å². The maximum atomic E-state index is 12.3. The number of H-pyrrole nitrogens is 1. The largest absolute Gasteiger partial charge is 0.492 e. The fraction of sp³-hybridized carbons (Fsp3) is 0.238. The number of nitrogens with zero attached hydrogens (tertiary/aromatic N) is 4. The molecule has 1 fully saturated rings. The first-order valence-electron chi connectivity index (χ1n) is 9.48. The van der Waals surface area contributed by atoms with Crippen molar-refractivity contribution in [1.82, 2.24) is 24.5 Å². The molecular formula is C21H17N5O3. The van der Waals surface area contributed by atoms with Crippen molar-refractivity contribution in [3.05, 3.63) is 64.5 Å². The molecule has 4 aromatic rings. The number of fused-ring (bicyclic) bond motifs is 3. The van der Waals surface area contributed by atoms with E-state index < -0.39 is 0 Å². The van der Waals surface area contributed by atoms with E-state index in [4.69, 9.17) is 9.47 Å². The third-order valence-electron chi connectivity index (χ3n) is 5.69. The van der Waals surface area contributed by atoms with E-state index in [1.165, 1.54) is 17.0 Å². The van der Waals surface area contributed by atoms with Gasteiger partial charge in [-0.15, -0.1) is 0 Å². The van der Waals surface area contributed by atoms with E-state index in [1.807, 2.05) is 19.1 Å². The predicted octanol–water partition coefficient (Wildman–Crippen LogP) is 3.03. The average Bonchev–Trinajstić information content (AvgIpc) is 3.28. The number of imidazole rings is 1. The highest BCUT2D eigenvalue weighted by Crippen LogP contribution is 2.59. The van der Waals surface area contributed by atoms with Gasteiger partial charge in [0.2, 0.25) is 5.88 Å². The Balaban J connectivity index is 1.36. The summed E-state index contributed by atoms with van der Waals surface area (Å²) in [6, 6.07) is 7.52. The van der Waals surface area contributed by atoms with E-state index in [0.29, 0.717) is 29.5 Å². The molecule has 0 unspecified atom stereocenters. The Morgan fingerprint density at radius 3 is 2.86 bits per heavy atom. The number of aromatic amines is 1. The van der Waals surface area contributed by atoms with Gasteiger partial charge in [0, 0.05) is 17.2 Å². The summed E-state index contributed by atoms with van der Waals surface area (Å²) in [5.41, 5.74) is 3.18. The zero-order valence-corrected chi connectivity index (χ0v) is 15.7. The van der Waals surface area contributed by atoms with Gasteiger partial charge < -0.3 is 14.5 Å². The quantitative estimate of drug-likeness (QED) is 0.581. The molecule has 8 heteroatoms. The molecule has 0 bridgehead atoms. The lowest BCUT2D eigenvalue weighted by molar-refractivity contribution is 0.322. The Labute approximate surface area is 165 Å². The molecule has 0 radical (unpaired) electrons. The number of rotatable bonds is 3. The van der Waals surface area contributed by atoms with Crippen molar-refractivity contribution in [2.75, 3.05) is 6.61 Å². The summed E-state index contributed by atoms with van der Waals surface area (Å²) < 4.78 is 13.4. The third-order valence-corrected chi connectivity index (χ3v) is 5.69. The number of nitrogens with one attached hydrogen (secondary N) is 1. The van der Waals surface area contributed by atoms with E-state index in [2.05, 4.69) is 19.9 Å². The molecule has 1 aliphatic carbocycles. The van der Waals surface area contributed by atoms with E-state index in [-0.39, 0.29) is 11.1 Å². The molecule has 2 aliphatic rings. The molecule has 1 spiro atoms. The number of hydrogen-bond acceptors (Lipinski definition) is 6. The molecule has 8 nitrogen and oxygen atoms in total. The van der Waals surface area contributed by atoms with Gasteiger partial charge in [0.1, 0.15) is 11.5 Å². The Morgan fingerprint density at radius 2 is 2.07 bits per heavy atom. The molecule has 1 saturated carbocycles. The maximum Gasteiger partial charge on any atom is 0.333 e. The Morgan fingerprint density at radius 1 is 1.17 bits per heavy atom. The van der Waals surface area contributed by atoms with Crippen molar-refractivity contribution >= 4 is 11.2 Å². The molecule has 6 rings (SSSR count). The molecule has 144 valence electrons. The highest BCUT2D eigenvalue weighted by atomic mass is 16.5. The first kappa shape index (κ1) is 16.3. The normalized spacial score (nSPS) is 16.0. The third kappa shape index (κ3) is 2.38. The molecule has 1 aromatic carbocycles. The lowest BCUT2D eigenvalue weighted by Crippen LogP contribution is -2.16. The molecule has 1 aliphatic heterocycles. The summed E-state index contributed by atoms with van der Waals surface area (Å²) in [6.07, 6.45) is 6.88. The molecular weight excluding hydrogens is 370 g/mol. The summed E-state index contributed by atoms with van der Waals surface area (Å²) in [4.78, 5) is 28.1. The van der Waals surface area contributed by atoms with Crippen LogP contribution in [0.3, 0.4) is 0 Å². The Kier molecular flexibility index (Phi) is 3.18. The van der Waals surface area contributed by atoms with Crippen LogP contribution in [-0.2, 0) is 5.41 Å². The first-order valence-corrected chi connectivity index (χ1v) is 9.48. The van der Waals surface area contributed by atoms with Crippen LogP contribution in [0.4, 0.5) is 0 Å². The van der Waals surface area contributed by atoms with Gasteiger partial charge in [-0.1, -0.05) is 6.07 Å². The van der Waals surface area contributed by atoms with Crippen molar-refractivity contribution in [2.45, 2.75) is 25.2 Å².